The lowest BCUT2D eigenvalue weighted by atomic mass is 10.0. The van der Waals surface area contributed by atoms with E-state index in [4.69, 9.17) is 20.5 Å². The zero-order valence-electron chi connectivity index (χ0n) is 10.8. The summed E-state index contributed by atoms with van der Waals surface area (Å²) in [5.41, 5.74) is 4.49. The number of hydrogen-bond donors (Lipinski definition) is 1. The first-order valence-corrected chi connectivity index (χ1v) is 5.55. The van der Waals surface area contributed by atoms with Crippen molar-refractivity contribution in [2.24, 2.45) is 5.73 Å². The van der Waals surface area contributed by atoms with Crippen LogP contribution in [0.4, 0.5) is 5.69 Å². The molecule has 0 heterocycles. The van der Waals surface area contributed by atoms with E-state index in [1.807, 2.05) is 6.07 Å². The Morgan fingerprint density at radius 1 is 1.58 bits per heavy atom. The molecule has 0 saturated heterocycles. The van der Waals surface area contributed by atoms with Crippen molar-refractivity contribution in [3.05, 3.63) is 28.3 Å². The van der Waals surface area contributed by atoms with Gasteiger partial charge in [0.2, 0.25) is 0 Å². The number of benzene rings is 1. The van der Waals surface area contributed by atoms with Crippen LogP contribution in [0.15, 0.2) is 18.2 Å². The predicted molar refractivity (Wildman–Crippen MR) is 68.0 cm³/mol. The molecule has 1 rings (SSSR count). The van der Waals surface area contributed by atoms with Gasteiger partial charge in [-0.15, -0.1) is 0 Å². The van der Waals surface area contributed by atoms with E-state index in [0.29, 0.717) is 12.2 Å². The van der Waals surface area contributed by atoms with E-state index in [1.165, 1.54) is 19.2 Å². The van der Waals surface area contributed by atoms with E-state index < -0.39 is 10.5 Å². The molecule has 0 aliphatic heterocycles. The van der Waals surface area contributed by atoms with Crippen molar-refractivity contribution in [3.8, 4) is 17.6 Å². The Kier molecular flexibility index (Phi) is 4.67. The summed E-state index contributed by atoms with van der Waals surface area (Å²) in [7, 11) is 1.36. The van der Waals surface area contributed by atoms with Crippen molar-refractivity contribution >= 4 is 5.69 Å². The summed E-state index contributed by atoms with van der Waals surface area (Å²) in [6.07, 6.45) is 0.323. The largest absolute Gasteiger partial charge is 0.493 e. The van der Waals surface area contributed by atoms with Crippen LogP contribution in [0.5, 0.6) is 11.5 Å². The van der Waals surface area contributed by atoms with Gasteiger partial charge in [0.25, 0.3) is 0 Å². The molecule has 1 unspecified atom stereocenters. The number of nitrogens with zero attached hydrogens (tertiary/aromatic N) is 2. The van der Waals surface area contributed by atoms with Crippen molar-refractivity contribution < 1.29 is 14.4 Å². The van der Waals surface area contributed by atoms with Crippen LogP contribution in [0.3, 0.4) is 0 Å². The van der Waals surface area contributed by atoms with Gasteiger partial charge in [0, 0.05) is 6.42 Å². The van der Waals surface area contributed by atoms with Crippen LogP contribution >= 0.6 is 0 Å². The molecule has 0 aliphatic carbocycles. The molecule has 0 aliphatic rings. The zero-order valence-corrected chi connectivity index (χ0v) is 10.8. The topological polar surface area (TPSA) is 111 Å². The Morgan fingerprint density at radius 3 is 2.79 bits per heavy atom. The number of nitrogens with two attached hydrogens (primary N) is 1. The summed E-state index contributed by atoms with van der Waals surface area (Å²) in [5, 5.41) is 19.6. The molecule has 0 fully saturated rings. The summed E-state index contributed by atoms with van der Waals surface area (Å²) >= 11 is 0. The van der Waals surface area contributed by atoms with Crippen molar-refractivity contribution in [1.29, 1.82) is 5.26 Å². The highest BCUT2D eigenvalue weighted by Gasteiger charge is 2.18. The average molecular weight is 265 g/mol. The Labute approximate surface area is 110 Å². The molecule has 1 aromatic rings. The van der Waals surface area contributed by atoms with Gasteiger partial charge >= 0.3 is 5.69 Å². The maximum atomic E-state index is 10.8. The van der Waals surface area contributed by atoms with Crippen molar-refractivity contribution in [3.63, 3.8) is 0 Å². The van der Waals surface area contributed by atoms with Crippen molar-refractivity contribution in [1.82, 2.24) is 0 Å². The zero-order chi connectivity index (χ0) is 14.5. The molecule has 7 nitrogen and oxygen atoms in total. The Morgan fingerprint density at radius 2 is 2.26 bits per heavy atom. The highest BCUT2D eigenvalue weighted by molar-refractivity contribution is 5.50. The molecule has 0 radical (unpaired) electrons. The third-order valence-electron chi connectivity index (χ3n) is 2.49. The molecule has 0 spiro atoms. The smallest absolute Gasteiger partial charge is 0.314 e. The molecule has 7 heteroatoms. The summed E-state index contributed by atoms with van der Waals surface area (Å²) < 4.78 is 10.2. The van der Waals surface area contributed by atoms with Crippen LogP contribution in [0.25, 0.3) is 0 Å². The SMILES string of the molecule is COc1ccc(OCCC(C)(N)C#N)cc1[N+](=O)[O-]. The van der Waals surface area contributed by atoms with Crippen LogP contribution in [-0.4, -0.2) is 24.2 Å². The maximum absolute atomic E-state index is 10.8. The highest BCUT2D eigenvalue weighted by Crippen LogP contribution is 2.30. The molecule has 19 heavy (non-hydrogen) atoms. The molecule has 0 bridgehead atoms. The molecule has 102 valence electrons. The van der Waals surface area contributed by atoms with E-state index in [-0.39, 0.29) is 18.0 Å². The van der Waals surface area contributed by atoms with Gasteiger partial charge in [-0.3, -0.25) is 10.1 Å². The minimum Gasteiger partial charge on any atom is -0.493 e. The van der Waals surface area contributed by atoms with Gasteiger partial charge in [-0.2, -0.15) is 5.26 Å². The minimum absolute atomic E-state index is 0.165. The summed E-state index contributed by atoms with van der Waals surface area (Å²) in [6.45, 7) is 1.79. The Balaban J connectivity index is 2.73. The molecular formula is C12H15N3O4. The number of ether oxygens (including phenoxy) is 2. The first-order chi connectivity index (χ1) is 8.89. The number of nitriles is 1. The van der Waals surface area contributed by atoms with Crippen LogP contribution in [0.1, 0.15) is 13.3 Å². The van der Waals surface area contributed by atoms with E-state index in [9.17, 15) is 10.1 Å². The fourth-order valence-electron chi connectivity index (χ4n) is 1.34. The van der Waals surface area contributed by atoms with Crippen molar-refractivity contribution in [2.45, 2.75) is 18.9 Å². The van der Waals surface area contributed by atoms with Crippen LogP contribution < -0.4 is 15.2 Å². The molecule has 0 saturated carbocycles. The van der Waals surface area contributed by atoms with Crippen LogP contribution in [0.2, 0.25) is 0 Å². The second-order valence-corrected chi connectivity index (χ2v) is 4.22. The molecule has 0 aromatic heterocycles. The quantitative estimate of drug-likeness (QED) is 0.617. The highest BCUT2D eigenvalue weighted by atomic mass is 16.6. The van der Waals surface area contributed by atoms with E-state index in [2.05, 4.69) is 0 Å². The average Bonchev–Trinajstić information content (AvgIpc) is 2.38. The third kappa shape index (κ3) is 4.12. The number of nitro benzene ring substituents is 1. The van der Waals surface area contributed by atoms with E-state index in [1.54, 1.807) is 13.0 Å². The Hall–Kier alpha value is -2.33. The first-order valence-electron chi connectivity index (χ1n) is 5.55. The van der Waals surface area contributed by atoms with Gasteiger partial charge in [-0.1, -0.05) is 0 Å². The lowest BCUT2D eigenvalue weighted by molar-refractivity contribution is -0.385. The van der Waals surface area contributed by atoms with Gasteiger partial charge in [-0.25, -0.2) is 0 Å². The van der Waals surface area contributed by atoms with Gasteiger partial charge in [0.1, 0.15) is 11.3 Å². The molecular weight excluding hydrogens is 250 g/mol. The standard InChI is InChI=1S/C12H15N3O4/c1-12(14,8-13)5-6-19-9-3-4-11(18-2)10(7-9)15(16)17/h3-4,7H,5-6,14H2,1-2H3. The minimum atomic E-state index is -0.974. The molecule has 0 amide bonds. The predicted octanol–water partition coefficient (Wildman–Crippen LogP) is 1.61. The summed E-state index contributed by atoms with van der Waals surface area (Å²) in [4.78, 5) is 10.3. The number of nitro groups is 1. The van der Waals surface area contributed by atoms with Gasteiger partial charge in [0.05, 0.1) is 30.8 Å². The van der Waals surface area contributed by atoms with E-state index >= 15 is 0 Å². The van der Waals surface area contributed by atoms with Crippen molar-refractivity contribution in [2.75, 3.05) is 13.7 Å². The van der Waals surface area contributed by atoms with Crippen LogP contribution in [-0.2, 0) is 0 Å². The second-order valence-electron chi connectivity index (χ2n) is 4.22. The molecule has 2 N–H and O–H groups in total. The molecule has 1 aromatic carbocycles. The maximum Gasteiger partial charge on any atom is 0.314 e. The van der Waals surface area contributed by atoms with Gasteiger partial charge < -0.3 is 15.2 Å². The fraction of sp³-hybridized carbons (Fsp3) is 0.417. The first kappa shape index (κ1) is 14.7. The van der Waals surface area contributed by atoms with Gasteiger partial charge in [-0.05, 0) is 19.1 Å². The number of methoxy groups -OCH3 is 1. The lowest BCUT2D eigenvalue weighted by Crippen LogP contribution is -2.35. The van der Waals surface area contributed by atoms with Crippen LogP contribution in [0, 0.1) is 21.4 Å². The number of rotatable bonds is 6. The monoisotopic (exact) mass is 265 g/mol. The Bertz CT molecular complexity index is 508. The molecule has 1 atom stereocenters. The third-order valence-corrected chi connectivity index (χ3v) is 2.49. The summed E-state index contributed by atoms with van der Waals surface area (Å²) in [6, 6.07) is 6.24. The fourth-order valence-corrected chi connectivity index (χ4v) is 1.34. The van der Waals surface area contributed by atoms with E-state index in [0.717, 1.165) is 0 Å². The second kappa shape index (κ2) is 6.02. The normalized spacial score (nSPS) is 13.2. The van der Waals surface area contributed by atoms with Gasteiger partial charge in [0.15, 0.2) is 5.75 Å². The number of hydrogen-bond acceptors (Lipinski definition) is 6. The summed E-state index contributed by atoms with van der Waals surface area (Å²) in [5.74, 6) is 0.499. The lowest BCUT2D eigenvalue weighted by Gasteiger charge is -2.15.